The first-order chi connectivity index (χ1) is 12.9. The summed E-state index contributed by atoms with van der Waals surface area (Å²) in [4.78, 5) is 19.8. The molecule has 0 bridgehead atoms. The number of nitrogens with zero attached hydrogens (tertiary/aromatic N) is 2. The second kappa shape index (κ2) is 8.63. The highest BCUT2D eigenvalue weighted by Gasteiger charge is 2.18. The molecular weight excluding hydrogens is 346 g/mol. The number of anilines is 1. The van der Waals surface area contributed by atoms with Crippen molar-refractivity contribution in [3.63, 3.8) is 0 Å². The molecule has 2 aromatic rings. The minimum absolute atomic E-state index is 0.0403. The predicted octanol–water partition coefficient (Wildman–Crippen LogP) is 2.51. The summed E-state index contributed by atoms with van der Waals surface area (Å²) < 4.78 is 16.8. The second-order valence-corrected chi connectivity index (χ2v) is 7.29. The van der Waals surface area contributed by atoms with Crippen LogP contribution in [0.5, 0.6) is 5.75 Å². The lowest BCUT2D eigenvalue weighted by molar-refractivity contribution is 0.0476. The number of likely N-dealkylation sites (N-methyl/N-ethyl adjacent to an activating group) is 1. The first-order valence-corrected chi connectivity index (χ1v) is 9.42. The molecule has 7 heteroatoms. The Balaban J connectivity index is 1.89. The fraction of sp³-hybridized carbons (Fsp3) is 0.550. The van der Waals surface area contributed by atoms with Crippen LogP contribution in [0.1, 0.15) is 24.3 Å². The summed E-state index contributed by atoms with van der Waals surface area (Å²) in [5, 5.41) is 0.889. The smallest absolute Gasteiger partial charge is 0.354 e. The van der Waals surface area contributed by atoms with E-state index in [0.717, 1.165) is 35.4 Å². The number of carbonyl (C=O) groups is 1. The maximum Gasteiger partial charge on any atom is 0.354 e. The maximum atomic E-state index is 12.4. The maximum absolute atomic E-state index is 12.4. The number of hydrogen-bond acceptors (Lipinski definition) is 6. The Labute approximate surface area is 160 Å². The summed E-state index contributed by atoms with van der Waals surface area (Å²) in [5.74, 6) is 0.420. The van der Waals surface area contributed by atoms with Gasteiger partial charge in [0.25, 0.3) is 0 Å². The third kappa shape index (κ3) is 4.93. The molecule has 0 saturated carbocycles. The molecule has 2 heterocycles. The van der Waals surface area contributed by atoms with Crippen LogP contribution in [0.25, 0.3) is 10.9 Å². The first kappa shape index (κ1) is 19.5. The summed E-state index contributed by atoms with van der Waals surface area (Å²) >= 11 is 0. The van der Waals surface area contributed by atoms with Gasteiger partial charge in [-0.2, -0.15) is 0 Å². The van der Waals surface area contributed by atoms with E-state index >= 15 is 0 Å². The molecule has 1 N–H and O–H groups in total. The van der Waals surface area contributed by atoms with Crippen molar-refractivity contribution in [2.24, 2.45) is 0 Å². The minimum atomic E-state index is -0.350. The highest BCUT2D eigenvalue weighted by atomic mass is 16.5. The molecule has 27 heavy (non-hydrogen) atoms. The monoisotopic (exact) mass is 375 g/mol. The van der Waals surface area contributed by atoms with Crippen LogP contribution >= 0.6 is 0 Å². The van der Waals surface area contributed by atoms with E-state index in [2.05, 4.69) is 16.0 Å². The van der Waals surface area contributed by atoms with Crippen LogP contribution in [0.3, 0.4) is 0 Å². The number of aromatic amines is 1. The number of esters is 1. The second-order valence-electron chi connectivity index (χ2n) is 7.29. The normalized spacial score (nSPS) is 15.0. The molecule has 0 amide bonds. The van der Waals surface area contributed by atoms with Crippen molar-refractivity contribution < 1.29 is 19.0 Å². The standard InChI is InChI=1S/C20H29N3O4/c1-14(2)27-19-12-15(23-6-8-25-9-7-23)11-17-16(19)13-18(21-17)20(24)26-10-5-22(3)4/h11-14,21H,5-10H2,1-4H3. The molecule has 0 atom stereocenters. The van der Waals surface area contributed by atoms with Gasteiger partial charge in [0.1, 0.15) is 18.1 Å². The van der Waals surface area contributed by atoms with Crippen molar-refractivity contribution in [3.8, 4) is 5.75 Å². The van der Waals surface area contributed by atoms with E-state index in [0.29, 0.717) is 32.1 Å². The molecule has 148 valence electrons. The number of H-pyrrole nitrogens is 1. The van der Waals surface area contributed by atoms with E-state index in [9.17, 15) is 4.79 Å². The largest absolute Gasteiger partial charge is 0.490 e. The average Bonchev–Trinajstić information content (AvgIpc) is 3.06. The lowest BCUT2D eigenvalue weighted by Gasteiger charge is -2.29. The van der Waals surface area contributed by atoms with Crippen LogP contribution in [0.4, 0.5) is 5.69 Å². The lowest BCUT2D eigenvalue weighted by Crippen LogP contribution is -2.36. The fourth-order valence-electron chi connectivity index (χ4n) is 3.05. The van der Waals surface area contributed by atoms with Crippen molar-refractivity contribution in [1.29, 1.82) is 0 Å². The van der Waals surface area contributed by atoms with Gasteiger partial charge in [0, 0.05) is 36.8 Å². The highest BCUT2D eigenvalue weighted by Crippen LogP contribution is 2.33. The van der Waals surface area contributed by atoms with Crippen molar-refractivity contribution in [3.05, 3.63) is 23.9 Å². The van der Waals surface area contributed by atoms with Gasteiger partial charge in [-0.3, -0.25) is 0 Å². The zero-order valence-electron chi connectivity index (χ0n) is 16.6. The van der Waals surface area contributed by atoms with Crippen LogP contribution in [-0.2, 0) is 9.47 Å². The van der Waals surface area contributed by atoms with Gasteiger partial charge in [-0.25, -0.2) is 4.79 Å². The number of carbonyl (C=O) groups excluding carboxylic acids is 1. The number of nitrogens with one attached hydrogen (secondary N) is 1. The highest BCUT2D eigenvalue weighted by molar-refractivity contribution is 5.98. The molecule has 7 nitrogen and oxygen atoms in total. The van der Waals surface area contributed by atoms with Crippen molar-refractivity contribution in [2.75, 3.05) is 58.5 Å². The summed E-state index contributed by atoms with van der Waals surface area (Å²) in [6.45, 7) is 8.15. The summed E-state index contributed by atoms with van der Waals surface area (Å²) in [7, 11) is 3.89. The number of ether oxygens (including phenoxy) is 3. The molecule has 1 aliphatic heterocycles. The molecule has 0 aliphatic carbocycles. The van der Waals surface area contributed by atoms with Crippen LogP contribution in [0.15, 0.2) is 18.2 Å². The Morgan fingerprint density at radius 2 is 2.00 bits per heavy atom. The van der Waals surface area contributed by atoms with Gasteiger partial charge in [-0.15, -0.1) is 0 Å². The molecule has 1 saturated heterocycles. The predicted molar refractivity (Wildman–Crippen MR) is 106 cm³/mol. The van der Waals surface area contributed by atoms with Gasteiger partial charge in [0.15, 0.2) is 0 Å². The van der Waals surface area contributed by atoms with E-state index in [4.69, 9.17) is 14.2 Å². The third-order valence-electron chi connectivity index (χ3n) is 4.42. The quantitative estimate of drug-likeness (QED) is 0.750. The topological polar surface area (TPSA) is 67.0 Å². The Hall–Kier alpha value is -2.25. The van der Waals surface area contributed by atoms with Gasteiger partial charge in [0.2, 0.25) is 0 Å². The van der Waals surface area contributed by atoms with Crippen molar-refractivity contribution >= 4 is 22.6 Å². The number of fused-ring (bicyclic) bond motifs is 1. The van der Waals surface area contributed by atoms with Crippen molar-refractivity contribution in [1.82, 2.24) is 9.88 Å². The van der Waals surface area contributed by atoms with Gasteiger partial charge in [-0.1, -0.05) is 0 Å². The van der Waals surface area contributed by atoms with Crippen molar-refractivity contribution in [2.45, 2.75) is 20.0 Å². The van der Waals surface area contributed by atoms with E-state index in [1.807, 2.05) is 45.0 Å². The Morgan fingerprint density at radius 3 is 2.67 bits per heavy atom. The zero-order chi connectivity index (χ0) is 19.4. The van der Waals surface area contributed by atoms with E-state index in [1.54, 1.807) is 0 Å². The van der Waals surface area contributed by atoms with Crippen LogP contribution in [-0.4, -0.2) is 75.5 Å². The lowest BCUT2D eigenvalue weighted by atomic mass is 10.2. The van der Waals surface area contributed by atoms with Gasteiger partial charge in [-0.05, 0) is 40.1 Å². The summed E-state index contributed by atoms with van der Waals surface area (Å²) in [5.41, 5.74) is 2.38. The van der Waals surface area contributed by atoms with Gasteiger partial charge >= 0.3 is 5.97 Å². The molecule has 1 aromatic heterocycles. The molecule has 1 aliphatic rings. The third-order valence-corrected chi connectivity index (χ3v) is 4.42. The van der Waals surface area contributed by atoms with E-state index in [1.165, 1.54) is 0 Å². The Bertz CT molecular complexity index is 779. The van der Waals surface area contributed by atoms with Gasteiger partial charge in [0.05, 0.1) is 24.8 Å². The SMILES string of the molecule is CC(C)Oc1cc(N2CCOCC2)cc2[nH]c(C(=O)OCCN(C)C)cc12. The van der Waals surface area contributed by atoms with Crippen LogP contribution < -0.4 is 9.64 Å². The molecule has 0 radical (unpaired) electrons. The number of rotatable bonds is 7. The van der Waals surface area contributed by atoms with Crippen LogP contribution in [0, 0.1) is 0 Å². The summed E-state index contributed by atoms with van der Waals surface area (Å²) in [6.07, 6.45) is 0.0403. The number of morpholine rings is 1. The zero-order valence-corrected chi connectivity index (χ0v) is 16.6. The molecule has 0 unspecified atom stereocenters. The van der Waals surface area contributed by atoms with E-state index in [-0.39, 0.29) is 12.1 Å². The van der Waals surface area contributed by atoms with Crippen LogP contribution in [0.2, 0.25) is 0 Å². The number of aromatic nitrogens is 1. The van der Waals surface area contributed by atoms with Gasteiger partial charge < -0.3 is 29.0 Å². The molecular formula is C20H29N3O4. The molecule has 0 spiro atoms. The summed E-state index contributed by atoms with van der Waals surface area (Å²) in [6, 6.07) is 5.92. The van der Waals surface area contributed by atoms with E-state index < -0.39 is 0 Å². The number of benzene rings is 1. The Kier molecular flexibility index (Phi) is 6.23. The first-order valence-electron chi connectivity index (χ1n) is 9.42. The average molecular weight is 375 g/mol. The minimum Gasteiger partial charge on any atom is -0.490 e. The molecule has 1 aromatic carbocycles. The number of hydrogen-bond donors (Lipinski definition) is 1. The molecule has 1 fully saturated rings. The Morgan fingerprint density at radius 1 is 1.26 bits per heavy atom. The molecule has 3 rings (SSSR count). The fourth-order valence-corrected chi connectivity index (χ4v) is 3.05.